The fraction of sp³-hybridized carbons (Fsp3) is 0.0909. The van der Waals surface area contributed by atoms with Crippen molar-refractivity contribution in [3.63, 3.8) is 0 Å². The summed E-state index contributed by atoms with van der Waals surface area (Å²) >= 11 is 0. The van der Waals surface area contributed by atoms with E-state index in [0.717, 1.165) is 11.1 Å². The number of hydrogen-bond donors (Lipinski definition) is 2. The van der Waals surface area contributed by atoms with Crippen molar-refractivity contribution in [2.24, 2.45) is 0 Å². The predicted octanol–water partition coefficient (Wildman–Crippen LogP) is 2.59. The summed E-state index contributed by atoms with van der Waals surface area (Å²) in [6, 6.07) is 18.7. The Labute approximate surface area is 167 Å². The van der Waals surface area contributed by atoms with E-state index in [9.17, 15) is 9.59 Å². The van der Waals surface area contributed by atoms with Gasteiger partial charge in [0, 0.05) is 31.7 Å². The fourth-order valence-corrected chi connectivity index (χ4v) is 2.99. The predicted molar refractivity (Wildman–Crippen MR) is 108 cm³/mol. The first-order valence-corrected chi connectivity index (χ1v) is 9.18. The molecule has 0 fully saturated rings. The van der Waals surface area contributed by atoms with Gasteiger partial charge in [-0.1, -0.05) is 42.5 Å². The Bertz CT molecular complexity index is 1050. The molecule has 7 nitrogen and oxygen atoms in total. The number of fused-ring (bicyclic) bond motifs is 1. The lowest BCUT2D eigenvalue weighted by molar-refractivity contribution is 0.0939. The van der Waals surface area contributed by atoms with Crippen molar-refractivity contribution in [1.29, 1.82) is 0 Å². The van der Waals surface area contributed by atoms with Gasteiger partial charge in [0.25, 0.3) is 11.8 Å². The molecule has 2 amide bonds. The summed E-state index contributed by atoms with van der Waals surface area (Å²) in [5, 5.41) is 5.69. The van der Waals surface area contributed by atoms with Gasteiger partial charge in [-0.25, -0.2) is 4.98 Å². The van der Waals surface area contributed by atoms with Gasteiger partial charge >= 0.3 is 0 Å². The molecule has 0 aliphatic heterocycles. The highest BCUT2D eigenvalue weighted by molar-refractivity contribution is 6.02. The first kappa shape index (κ1) is 18.4. The molecule has 3 aromatic heterocycles. The molecular weight excluding hydrogens is 366 g/mol. The quantitative estimate of drug-likeness (QED) is 0.534. The van der Waals surface area contributed by atoms with Crippen LogP contribution in [0.1, 0.15) is 32.2 Å². The van der Waals surface area contributed by atoms with E-state index in [1.807, 2.05) is 42.5 Å². The molecule has 4 aromatic rings. The molecule has 144 valence electrons. The van der Waals surface area contributed by atoms with Crippen LogP contribution in [0.2, 0.25) is 0 Å². The minimum atomic E-state index is -0.348. The molecule has 0 atom stereocenters. The van der Waals surface area contributed by atoms with Crippen molar-refractivity contribution < 1.29 is 9.59 Å². The van der Waals surface area contributed by atoms with E-state index in [4.69, 9.17) is 0 Å². The monoisotopic (exact) mass is 385 g/mol. The van der Waals surface area contributed by atoms with Crippen molar-refractivity contribution in [2.45, 2.75) is 13.1 Å². The number of nitrogens with one attached hydrogen (secondary N) is 2. The molecule has 0 aliphatic carbocycles. The lowest BCUT2D eigenvalue weighted by Gasteiger charge is -2.04. The summed E-state index contributed by atoms with van der Waals surface area (Å²) in [6.45, 7) is 0.706. The third-order valence-corrected chi connectivity index (χ3v) is 4.44. The van der Waals surface area contributed by atoms with Crippen LogP contribution in [-0.2, 0) is 13.1 Å². The van der Waals surface area contributed by atoms with Crippen molar-refractivity contribution in [3.8, 4) is 0 Å². The average molecular weight is 385 g/mol. The fourth-order valence-electron chi connectivity index (χ4n) is 2.99. The molecule has 29 heavy (non-hydrogen) atoms. The number of hydrogen-bond acceptors (Lipinski definition) is 4. The largest absolute Gasteiger partial charge is 0.346 e. The number of carbonyl (C=O) groups excluding carboxylic acids is 2. The lowest BCUT2D eigenvalue weighted by Crippen LogP contribution is -2.26. The first-order chi connectivity index (χ1) is 14.2. The van der Waals surface area contributed by atoms with Crippen molar-refractivity contribution in [2.75, 3.05) is 0 Å². The van der Waals surface area contributed by atoms with Crippen LogP contribution in [-0.4, -0.2) is 26.2 Å². The van der Waals surface area contributed by atoms with Gasteiger partial charge in [-0.2, -0.15) is 0 Å². The number of benzene rings is 1. The molecular formula is C22H19N5O2. The van der Waals surface area contributed by atoms with E-state index in [0.29, 0.717) is 18.6 Å². The second-order valence-corrected chi connectivity index (χ2v) is 6.45. The number of rotatable bonds is 6. The highest BCUT2D eigenvalue weighted by atomic mass is 16.2. The Morgan fingerprint density at radius 3 is 2.34 bits per heavy atom. The van der Waals surface area contributed by atoms with E-state index >= 15 is 0 Å². The Balaban J connectivity index is 1.54. The smallest absolute Gasteiger partial charge is 0.287 e. The SMILES string of the molecule is O=C(NCc1cccnc1)c1nc(C(=O)NCc2ccccc2)n2ccccc12. The molecule has 0 aliphatic rings. The normalized spacial score (nSPS) is 10.6. The van der Waals surface area contributed by atoms with Crippen LogP contribution in [0, 0.1) is 0 Å². The maximum Gasteiger partial charge on any atom is 0.287 e. The van der Waals surface area contributed by atoms with Gasteiger partial charge in [0.2, 0.25) is 5.82 Å². The molecule has 3 heterocycles. The Hall–Kier alpha value is -4.00. The summed E-state index contributed by atoms with van der Waals surface area (Å²) in [6.07, 6.45) is 5.08. The summed E-state index contributed by atoms with van der Waals surface area (Å²) in [7, 11) is 0. The van der Waals surface area contributed by atoms with Gasteiger partial charge in [0.15, 0.2) is 5.69 Å². The van der Waals surface area contributed by atoms with Gasteiger partial charge in [0.1, 0.15) is 0 Å². The maximum atomic E-state index is 12.7. The first-order valence-electron chi connectivity index (χ1n) is 9.18. The maximum absolute atomic E-state index is 12.7. The van der Waals surface area contributed by atoms with Crippen molar-refractivity contribution in [3.05, 3.63) is 102 Å². The second-order valence-electron chi connectivity index (χ2n) is 6.45. The minimum Gasteiger partial charge on any atom is -0.346 e. The van der Waals surface area contributed by atoms with Gasteiger partial charge in [-0.3, -0.25) is 19.0 Å². The highest BCUT2D eigenvalue weighted by Gasteiger charge is 2.21. The summed E-state index contributed by atoms with van der Waals surface area (Å²) < 4.78 is 1.62. The third kappa shape index (κ3) is 4.14. The second kappa shape index (κ2) is 8.35. The molecule has 0 saturated heterocycles. The van der Waals surface area contributed by atoms with E-state index in [1.54, 1.807) is 41.2 Å². The molecule has 0 saturated carbocycles. The number of imidazole rings is 1. The molecule has 7 heteroatoms. The van der Waals surface area contributed by atoms with Gasteiger partial charge in [0.05, 0.1) is 5.52 Å². The Kier molecular flexibility index (Phi) is 5.29. The van der Waals surface area contributed by atoms with Gasteiger partial charge in [-0.05, 0) is 29.3 Å². The van der Waals surface area contributed by atoms with Crippen LogP contribution < -0.4 is 10.6 Å². The topological polar surface area (TPSA) is 88.4 Å². The molecule has 0 spiro atoms. The van der Waals surface area contributed by atoms with Gasteiger partial charge < -0.3 is 10.6 Å². The van der Waals surface area contributed by atoms with Crippen LogP contribution >= 0.6 is 0 Å². The van der Waals surface area contributed by atoms with E-state index in [1.165, 1.54) is 0 Å². The van der Waals surface area contributed by atoms with Crippen LogP contribution in [0.25, 0.3) is 5.52 Å². The molecule has 4 rings (SSSR count). The molecule has 1 aromatic carbocycles. The zero-order chi connectivity index (χ0) is 20.1. The zero-order valence-electron chi connectivity index (χ0n) is 15.6. The standard InChI is InChI=1S/C22H19N5O2/c28-21(24-15-17-9-6-11-23-13-17)19-18-10-4-5-12-27(18)20(26-19)22(29)25-14-16-7-2-1-3-8-16/h1-13H,14-15H2,(H,24,28)(H,25,29). The van der Waals surface area contributed by atoms with E-state index in [2.05, 4.69) is 20.6 Å². The number of nitrogens with zero attached hydrogens (tertiary/aromatic N) is 3. The minimum absolute atomic E-state index is 0.169. The van der Waals surface area contributed by atoms with Crippen molar-refractivity contribution in [1.82, 2.24) is 25.0 Å². The number of amides is 2. The van der Waals surface area contributed by atoms with Crippen LogP contribution in [0.4, 0.5) is 0 Å². The molecule has 0 unspecified atom stereocenters. The van der Waals surface area contributed by atoms with Gasteiger partial charge in [-0.15, -0.1) is 0 Å². The van der Waals surface area contributed by atoms with E-state index < -0.39 is 0 Å². The number of pyridine rings is 2. The summed E-state index contributed by atoms with van der Waals surface area (Å²) in [5.41, 5.74) is 2.64. The Morgan fingerprint density at radius 2 is 1.55 bits per heavy atom. The average Bonchev–Trinajstić information content (AvgIpc) is 3.17. The highest BCUT2D eigenvalue weighted by Crippen LogP contribution is 2.14. The molecule has 0 radical (unpaired) electrons. The lowest BCUT2D eigenvalue weighted by atomic mass is 10.2. The Morgan fingerprint density at radius 1 is 0.828 bits per heavy atom. The summed E-state index contributed by atoms with van der Waals surface area (Å²) in [4.78, 5) is 33.8. The van der Waals surface area contributed by atoms with Crippen molar-refractivity contribution >= 4 is 17.3 Å². The molecule has 0 bridgehead atoms. The zero-order valence-corrected chi connectivity index (χ0v) is 15.6. The molecule has 2 N–H and O–H groups in total. The van der Waals surface area contributed by atoms with Crippen LogP contribution in [0.3, 0.4) is 0 Å². The summed E-state index contributed by atoms with van der Waals surface area (Å²) in [5.74, 6) is -0.524. The van der Waals surface area contributed by atoms with Crippen LogP contribution in [0.15, 0.2) is 79.3 Å². The number of carbonyl (C=O) groups is 2. The number of aromatic nitrogens is 3. The van der Waals surface area contributed by atoms with Crippen LogP contribution in [0.5, 0.6) is 0 Å². The van der Waals surface area contributed by atoms with E-state index in [-0.39, 0.29) is 23.3 Å². The third-order valence-electron chi connectivity index (χ3n) is 4.44.